The fraction of sp³-hybridized carbons (Fsp3) is 0.462. The van der Waals surface area contributed by atoms with E-state index in [0.717, 1.165) is 18.5 Å². The summed E-state index contributed by atoms with van der Waals surface area (Å²) in [6.07, 6.45) is 0.608. The first kappa shape index (κ1) is 11.3. The average molecular weight is 249 g/mol. The molecule has 1 aromatic rings. The molecule has 0 aromatic heterocycles. The van der Waals surface area contributed by atoms with Crippen LogP contribution >= 0.6 is 0 Å². The molecule has 2 heterocycles. The van der Waals surface area contributed by atoms with E-state index < -0.39 is 0 Å². The molecule has 1 atom stereocenters. The van der Waals surface area contributed by atoms with E-state index in [4.69, 9.17) is 14.2 Å². The predicted molar refractivity (Wildman–Crippen MR) is 63.9 cm³/mol. The highest BCUT2D eigenvalue weighted by molar-refractivity contribution is 6.02. The number of amides is 1. The van der Waals surface area contributed by atoms with E-state index in [2.05, 4.69) is 0 Å². The molecule has 0 spiro atoms. The molecule has 5 nitrogen and oxygen atoms in total. The van der Waals surface area contributed by atoms with Gasteiger partial charge in [-0.15, -0.1) is 0 Å². The van der Waals surface area contributed by atoms with E-state index in [1.807, 2.05) is 12.1 Å². The highest BCUT2D eigenvalue weighted by Gasteiger charge is 2.42. The molecule has 0 aliphatic carbocycles. The average Bonchev–Trinajstić information content (AvgIpc) is 2.72. The zero-order valence-corrected chi connectivity index (χ0v) is 10.4. The summed E-state index contributed by atoms with van der Waals surface area (Å²) in [5.74, 6) is 1.04. The van der Waals surface area contributed by atoms with Crippen molar-refractivity contribution in [3.63, 3.8) is 0 Å². The first-order valence-corrected chi connectivity index (χ1v) is 5.95. The summed E-state index contributed by atoms with van der Waals surface area (Å²) in [6, 6.07) is 3.69. The second kappa shape index (κ2) is 4.17. The van der Waals surface area contributed by atoms with Crippen molar-refractivity contribution in [3.05, 3.63) is 23.3 Å². The Hall–Kier alpha value is -1.75. The van der Waals surface area contributed by atoms with E-state index in [9.17, 15) is 4.79 Å². The normalized spacial score (nSPS) is 21.6. The van der Waals surface area contributed by atoms with Gasteiger partial charge in [-0.1, -0.05) is 0 Å². The molecule has 96 valence electrons. The number of rotatable bonds is 2. The monoisotopic (exact) mass is 249 g/mol. The Labute approximate surface area is 105 Å². The summed E-state index contributed by atoms with van der Waals surface area (Å²) in [4.78, 5) is 14.1. The fourth-order valence-corrected chi connectivity index (χ4v) is 2.61. The van der Waals surface area contributed by atoms with Crippen molar-refractivity contribution >= 4 is 5.91 Å². The number of hydrogen-bond acceptors (Lipinski definition) is 4. The SMILES string of the molecule is COc1ccc2c(c1OC)C(=O)N1CCCO[C@@H]21. The quantitative estimate of drug-likeness (QED) is 0.798. The van der Waals surface area contributed by atoms with Gasteiger partial charge in [-0.2, -0.15) is 0 Å². The van der Waals surface area contributed by atoms with Gasteiger partial charge < -0.3 is 19.1 Å². The van der Waals surface area contributed by atoms with Crippen LogP contribution in [0.5, 0.6) is 11.5 Å². The van der Waals surface area contributed by atoms with Crippen molar-refractivity contribution < 1.29 is 19.0 Å². The minimum atomic E-state index is -0.263. The van der Waals surface area contributed by atoms with Crippen molar-refractivity contribution in [1.29, 1.82) is 0 Å². The number of methoxy groups -OCH3 is 2. The second-order valence-corrected chi connectivity index (χ2v) is 4.34. The largest absolute Gasteiger partial charge is 0.493 e. The lowest BCUT2D eigenvalue weighted by molar-refractivity contribution is -0.0716. The topological polar surface area (TPSA) is 48.0 Å². The fourth-order valence-electron chi connectivity index (χ4n) is 2.61. The van der Waals surface area contributed by atoms with E-state index >= 15 is 0 Å². The summed E-state index contributed by atoms with van der Waals surface area (Å²) < 4.78 is 16.2. The van der Waals surface area contributed by atoms with Crippen LogP contribution in [-0.4, -0.2) is 38.2 Å². The highest BCUT2D eigenvalue weighted by atomic mass is 16.5. The van der Waals surface area contributed by atoms with E-state index in [-0.39, 0.29) is 12.1 Å². The van der Waals surface area contributed by atoms with Crippen molar-refractivity contribution in [2.75, 3.05) is 27.4 Å². The first-order valence-electron chi connectivity index (χ1n) is 5.95. The molecule has 1 aromatic carbocycles. The van der Waals surface area contributed by atoms with Gasteiger partial charge in [0.05, 0.1) is 26.4 Å². The van der Waals surface area contributed by atoms with Gasteiger partial charge in [-0.3, -0.25) is 4.79 Å². The molecule has 0 N–H and O–H groups in total. The third-order valence-corrected chi connectivity index (χ3v) is 3.42. The van der Waals surface area contributed by atoms with Gasteiger partial charge in [0, 0.05) is 12.1 Å². The molecule has 0 saturated carbocycles. The van der Waals surface area contributed by atoms with Crippen LogP contribution < -0.4 is 9.47 Å². The summed E-state index contributed by atoms with van der Waals surface area (Å²) >= 11 is 0. The summed E-state index contributed by atoms with van der Waals surface area (Å²) in [5, 5.41) is 0. The number of benzene rings is 1. The zero-order valence-electron chi connectivity index (χ0n) is 10.4. The lowest BCUT2D eigenvalue weighted by Gasteiger charge is -2.29. The molecule has 18 heavy (non-hydrogen) atoms. The van der Waals surface area contributed by atoms with Gasteiger partial charge in [0.2, 0.25) is 0 Å². The molecule has 5 heteroatoms. The lowest BCUT2D eigenvalue weighted by atomic mass is 10.1. The van der Waals surface area contributed by atoms with Gasteiger partial charge in [0.1, 0.15) is 0 Å². The van der Waals surface area contributed by atoms with Crippen LogP contribution in [0.2, 0.25) is 0 Å². The molecule has 1 amide bonds. The standard InChI is InChI=1S/C13H15NO4/c1-16-9-5-4-8-10(11(9)17-2)12(15)14-6-3-7-18-13(8)14/h4-5,13H,3,6-7H2,1-2H3/t13-/m0/s1. The van der Waals surface area contributed by atoms with Gasteiger partial charge in [0.25, 0.3) is 5.91 Å². The predicted octanol–water partition coefficient (Wildman–Crippen LogP) is 1.58. The van der Waals surface area contributed by atoms with E-state index in [1.165, 1.54) is 0 Å². The van der Waals surface area contributed by atoms with Crippen LogP contribution in [0.15, 0.2) is 12.1 Å². The number of ether oxygens (including phenoxy) is 3. The molecule has 0 radical (unpaired) electrons. The number of nitrogens with zero attached hydrogens (tertiary/aromatic N) is 1. The minimum Gasteiger partial charge on any atom is -0.493 e. The Balaban J connectivity index is 2.15. The van der Waals surface area contributed by atoms with E-state index in [0.29, 0.717) is 23.7 Å². The molecule has 1 saturated heterocycles. The summed E-state index contributed by atoms with van der Waals surface area (Å²) in [6.45, 7) is 1.41. The lowest BCUT2D eigenvalue weighted by Crippen LogP contribution is -2.35. The smallest absolute Gasteiger partial charge is 0.260 e. The first-order chi connectivity index (χ1) is 8.77. The molecule has 0 unspecified atom stereocenters. The Bertz CT molecular complexity index is 500. The van der Waals surface area contributed by atoms with Crippen molar-refractivity contribution in [2.24, 2.45) is 0 Å². The molecule has 1 fully saturated rings. The molecular weight excluding hydrogens is 234 g/mol. The van der Waals surface area contributed by atoms with Crippen LogP contribution in [0, 0.1) is 0 Å². The van der Waals surface area contributed by atoms with Crippen LogP contribution in [0.1, 0.15) is 28.6 Å². The van der Waals surface area contributed by atoms with Gasteiger partial charge in [0.15, 0.2) is 17.7 Å². The summed E-state index contributed by atoms with van der Waals surface area (Å²) in [5.41, 5.74) is 1.45. The van der Waals surface area contributed by atoms with Crippen molar-refractivity contribution in [3.8, 4) is 11.5 Å². The second-order valence-electron chi connectivity index (χ2n) is 4.34. The van der Waals surface area contributed by atoms with Crippen LogP contribution in [-0.2, 0) is 4.74 Å². The van der Waals surface area contributed by atoms with Gasteiger partial charge in [-0.25, -0.2) is 0 Å². The van der Waals surface area contributed by atoms with Crippen molar-refractivity contribution in [2.45, 2.75) is 12.6 Å². The minimum absolute atomic E-state index is 0.0366. The Morgan fingerprint density at radius 3 is 2.89 bits per heavy atom. The van der Waals surface area contributed by atoms with Crippen LogP contribution in [0.3, 0.4) is 0 Å². The molecule has 0 bridgehead atoms. The van der Waals surface area contributed by atoms with Gasteiger partial charge >= 0.3 is 0 Å². The molecule has 2 aliphatic rings. The Kier molecular flexibility index (Phi) is 2.63. The van der Waals surface area contributed by atoms with E-state index in [1.54, 1.807) is 19.1 Å². The zero-order chi connectivity index (χ0) is 12.7. The van der Waals surface area contributed by atoms with Gasteiger partial charge in [-0.05, 0) is 18.6 Å². The third kappa shape index (κ3) is 1.40. The van der Waals surface area contributed by atoms with Crippen molar-refractivity contribution in [1.82, 2.24) is 4.90 Å². The number of hydrogen-bond donors (Lipinski definition) is 0. The Morgan fingerprint density at radius 1 is 1.33 bits per heavy atom. The van der Waals surface area contributed by atoms with Crippen LogP contribution in [0.4, 0.5) is 0 Å². The number of carbonyl (C=O) groups excluding carboxylic acids is 1. The maximum Gasteiger partial charge on any atom is 0.260 e. The maximum absolute atomic E-state index is 12.4. The number of carbonyl (C=O) groups is 1. The highest BCUT2D eigenvalue weighted by Crippen LogP contribution is 2.44. The summed E-state index contributed by atoms with van der Waals surface area (Å²) in [7, 11) is 3.11. The number of fused-ring (bicyclic) bond motifs is 3. The Morgan fingerprint density at radius 2 is 2.17 bits per heavy atom. The third-order valence-electron chi connectivity index (χ3n) is 3.42. The molecular formula is C13H15NO4. The molecule has 2 aliphatic heterocycles. The van der Waals surface area contributed by atoms with Crippen LogP contribution in [0.25, 0.3) is 0 Å². The molecule has 3 rings (SSSR count). The maximum atomic E-state index is 12.4.